The summed E-state index contributed by atoms with van der Waals surface area (Å²) in [6.07, 6.45) is 1.69. The summed E-state index contributed by atoms with van der Waals surface area (Å²) in [6.45, 7) is 5.06. The highest BCUT2D eigenvalue weighted by Gasteiger charge is 2.18. The lowest BCUT2D eigenvalue weighted by Gasteiger charge is -2.12. The minimum atomic E-state index is -0.971. The zero-order valence-electron chi connectivity index (χ0n) is 15.9. The fraction of sp³-hybridized carbons (Fsp3) is 0.227. The normalized spacial score (nSPS) is 12.0. The molecule has 1 unspecified atom stereocenters. The van der Waals surface area contributed by atoms with E-state index < -0.39 is 12.1 Å². The highest BCUT2D eigenvalue weighted by Crippen LogP contribution is 2.14. The van der Waals surface area contributed by atoms with Crippen LogP contribution in [0.25, 0.3) is 6.08 Å². The summed E-state index contributed by atoms with van der Waals surface area (Å²) in [7, 11) is 0. The summed E-state index contributed by atoms with van der Waals surface area (Å²) < 4.78 is 18.0. The average molecular weight is 383 g/mol. The molecular weight excluding hydrogens is 361 g/mol. The van der Waals surface area contributed by atoms with Gasteiger partial charge in [0.05, 0.1) is 0 Å². The first-order valence-electron chi connectivity index (χ1n) is 8.85. The molecule has 0 aliphatic rings. The number of ketones is 1. The molecule has 0 aromatic heterocycles. The SMILES string of the molecule is CC(C)C(=O)Nc1ccc(C(=O)C(C)OC(=O)/C=C/c2ccc(F)cc2)cc1. The van der Waals surface area contributed by atoms with Gasteiger partial charge in [0.2, 0.25) is 11.7 Å². The lowest BCUT2D eigenvalue weighted by atomic mass is 10.1. The van der Waals surface area contributed by atoms with Crippen LogP contribution in [0.1, 0.15) is 36.7 Å². The number of amides is 1. The Balaban J connectivity index is 1.93. The number of anilines is 1. The number of ether oxygens (including phenoxy) is 1. The van der Waals surface area contributed by atoms with Crippen molar-refractivity contribution >= 4 is 29.4 Å². The molecule has 2 aromatic rings. The number of hydrogen-bond acceptors (Lipinski definition) is 4. The highest BCUT2D eigenvalue weighted by molar-refractivity contribution is 6.01. The number of rotatable bonds is 7. The van der Waals surface area contributed by atoms with Gasteiger partial charge in [-0.15, -0.1) is 0 Å². The molecule has 2 aromatic carbocycles. The van der Waals surface area contributed by atoms with E-state index in [0.29, 0.717) is 16.8 Å². The van der Waals surface area contributed by atoms with Gasteiger partial charge in [-0.1, -0.05) is 26.0 Å². The summed E-state index contributed by atoms with van der Waals surface area (Å²) in [6, 6.07) is 12.0. The average Bonchev–Trinajstić information content (AvgIpc) is 2.67. The third kappa shape index (κ3) is 6.16. The molecule has 2 rings (SSSR count). The van der Waals surface area contributed by atoms with E-state index in [0.717, 1.165) is 0 Å². The number of esters is 1. The van der Waals surface area contributed by atoms with E-state index in [1.165, 1.54) is 43.3 Å². The Labute approximate surface area is 163 Å². The van der Waals surface area contributed by atoms with Gasteiger partial charge in [-0.25, -0.2) is 9.18 Å². The number of Topliss-reactive ketones (excluding diaryl/α,β-unsaturated/α-hetero) is 1. The summed E-state index contributed by atoms with van der Waals surface area (Å²) in [5.74, 6) is -1.66. The first-order chi connectivity index (χ1) is 13.3. The lowest BCUT2D eigenvalue weighted by molar-refractivity contribution is -0.140. The second-order valence-corrected chi connectivity index (χ2v) is 6.55. The van der Waals surface area contributed by atoms with E-state index in [9.17, 15) is 18.8 Å². The molecule has 6 heteroatoms. The van der Waals surface area contributed by atoms with Crippen molar-refractivity contribution in [1.29, 1.82) is 0 Å². The van der Waals surface area contributed by atoms with Crippen LogP contribution >= 0.6 is 0 Å². The van der Waals surface area contributed by atoms with Crippen LogP contribution in [0, 0.1) is 11.7 Å². The quantitative estimate of drug-likeness (QED) is 0.441. The second kappa shape index (κ2) is 9.60. The molecule has 0 saturated carbocycles. The van der Waals surface area contributed by atoms with Crippen molar-refractivity contribution in [1.82, 2.24) is 0 Å². The molecule has 146 valence electrons. The molecule has 0 heterocycles. The summed E-state index contributed by atoms with van der Waals surface area (Å²) in [4.78, 5) is 36.0. The summed E-state index contributed by atoms with van der Waals surface area (Å²) in [5, 5.41) is 2.74. The molecule has 0 bridgehead atoms. The Kier molecular flexibility index (Phi) is 7.21. The molecule has 0 aliphatic heterocycles. The van der Waals surface area contributed by atoms with Crippen LogP contribution in [0.5, 0.6) is 0 Å². The maximum Gasteiger partial charge on any atom is 0.331 e. The Morgan fingerprint density at radius 2 is 1.57 bits per heavy atom. The van der Waals surface area contributed by atoms with Crippen molar-refractivity contribution in [3.8, 4) is 0 Å². The topological polar surface area (TPSA) is 72.5 Å². The largest absolute Gasteiger partial charge is 0.451 e. The van der Waals surface area contributed by atoms with E-state index in [1.54, 1.807) is 38.1 Å². The molecule has 0 spiro atoms. The number of carbonyl (C=O) groups excluding carboxylic acids is 3. The molecular formula is C22H22FNO4. The zero-order valence-corrected chi connectivity index (χ0v) is 15.9. The Hall–Kier alpha value is -3.28. The molecule has 1 amide bonds. The number of hydrogen-bond donors (Lipinski definition) is 1. The molecule has 0 radical (unpaired) electrons. The van der Waals surface area contributed by atoms with Crippen molar-refractivity contribution in [2.45, 2.75) is 26.9 Å². The van der Waals surface area contributed by atoms with E-state index in [4.69, 9.17) is 4.74 Å². The molecule has 0 saturated heterocycles. The predicted molar refractivity (Wildman–Crippen MR) is 105 cm³/mol. The van der Waals surface area contributed by atoms with Gasteiger partial charge in [0.1, 0.15) is 5.82 Å². The lowest BCUT2D eigenvalue weighted by Crippen LogP contribution is -2.23. The molecule has 5 nitrogen and oxygen atoms in total. The van der Waals surface area contributed by atoms with Crippen molar-refractivity contribution in [2.24, 2.45) is 5.92 Å². The minimum Gasteiger partial charge on any atom is -0.451 e. The molecule has 0 fully saturated rings. The predicted octanol–water partition coefficient (Wildman–Crippen LogP) is 4.25. The fourth-order valence-electron chi connectivity index (χ4n) is 2.24. The Morgan fingerprint density at radius 1 is 0.964 bits per heavy atom. The van der Waals surface area contributed by atoms with E-state index in [2.05, 4.69) is 5.32 Å². The summed E-state index contributed by atoms with van der Waals surface area (Å²) >= 11 is 0. The van der Waals surface area contributed by atoms with Crippen LogP contribution in [0.15, 0.2) is 54.6 Å². The van der Waals surface area contributed by atoms with E-state index >= 15 is 0 Å². The van der Waals surface area contributed by atoms with Crippen LogP contribution < -0.4 is 5.32 Å². The van der Waals surface area contributed by atoms with Crippen molar-refractivity contribution in [3.05, 3.63) is 71.6 Å². The van der Waals surface area contributed by atoms with Gasteiger partial charge in [-0.3, -0.25) is 9.59 Å². The van der Waals surface area contributed by atoms with Gasteiger partial charge in [0.15, 0.2) is 6.10 Å². The van der Waals surface area contributed by atoms with Gasteiger partial charge in [-0.05, 0) is 55.0 Å². The first-order valence-corrected chi connectivity index (χ1v) is 8.85. The number of nitrogens with one attached hydrogen (secondary N) is 1. The van der Waals surface area contributed by atoms with Gasteiger partial charge >= 0.3 is 5.97 Å². The van der Waals surface area contributed by atoms with Gasteiger partial charge in [0.25, 0.3) is 0 Å². The van der Waals surface area contributed by atoms with Gasteiger partial charge < -0.3 is 10.1 Å². The molecule has 1 N–H and O–H groups in total. The number of carbonyl (C=O) groups is 3. The van der Waals surface area contributed by atoms with Crippen LogP contribution in [0.3, 0.4) is 0 Å². The Bertz CT molecular complexity index is 870. The van der Waals surface area contributed by atoms with Crippen molar-refractivity contribution in [3.63, 3.8) is 0 Å². The molecule has 0 aliphatic carbocycles. The van der Waals surface area contributed by atoms with Crippen molar-refractivity contribution in [2.75, 3.05) is 5.32 Å². The zero-order chi connectivity index (χ0) is 20.7. The highest BCUT2D eigenvalue weighted by atomic mass is 19.1. The van der Waals surface area contributed by atoms with Crippen LogP contribution in [0.4, 0.5) is 10.1 Å². The fourth-order valence-corrected chi connectivity index (χ4v) is 2.24. The second-order valence-electron chi connectivity index (χ2n) is 6.55. The third-order valence-electron chi connectivity index (χ3n) is 3.91. The molecule has 1 atom stereocenters. The van der Waals surface area contributed by atoms with Gasteiger partial charge in [0, 0.05) is 23.2 Å². The maximum absolute atomic E-state index is 12.9. The van der Waals surface area contributed by atoms with Crippen LogP contribution in [-0.2, 0) is 14.3 Å². The molecule has 28 heavy (non-hydrogen) atoms. The maximum atomic E-state index is 12.9. The van der Waals surface area contributed by atoms with Crippen LogP contribution in [-0.4, -0.2) is 23.8 Å². The minimum absolute atomic E-state index is 0.116. The third-order valence-corrected chi connectivity index (χ3v) is 3.91. The number of halogens is 1. The van der Waals surface area contributed by atoms with Crippen molar-refractivity contribution < 1.29 is 23.5 Å². The standard InChI is InChI=1S/C22H22FNO4/c1-14(2)22(27)24-19-11-7-17(8-12-19)21(26)15(3)28-20(25)13-6-16-4-9-18(23)10-5-16/h4-15H,1-3H3,(H,24,27)/b13-6+. The van der Waals surface area contributed by atoms with E-state index in [-0.39, 0.29) is 23.4 Å². The monoisotopic (exact) mass is 383 g/mol. The van der Waals surface area contributed by atoms with E-state index in [1.807, 2.05) is 0 Å². The van der Waals surface area contributed by atoms with Crippen LogP contribution in [0.2, 0.25) is 0 Å². The smallest absolute Gasteiger partial charge is 0.331 e. The first kappa shape index (κ1) is 21.0. The van der Waals surface area contributed by atoms with Gasteiger partial charge in [-0.2, -0.15) is 0 Å². The Morgan fingerprint density at radius 3 is 2.14 bits per heavy atom. The summed E-state index contributed by atoms with van der Waals surface area (Å²) in [5.41, 5.74) is 1.59. The number of benzene rings is 2.